The van der Waals surface area contributed by atoms with Gasteiger partial charge in [0.15, 0.2) is 9.84 Å². The lowest BCUT2D eigenvalue weighted by Crippen LogP contribution is -2.38. The number of nitrogens with one attached hydrogen (secondary N) is 1. The van der Waals surface area contributed by atoms with E-state index in [2.05, 4.69) is 5.32 Å². The molecule has 4 heteroatoms. The Balaban J connectivity index is 1.90. The molecule has 0 atom stereocenters. The zero-order valence-electron chi connectivity index (χ0n) is 9.95. The molecule has 2 fully saturated rings. The third kappa shape index (κ3) is 3.20. The van der Waals surface area contributed by atoms with Crippen molar-refractivity contribution in [1.29, 1.82) is 0 Å². The smallest absolute Gasteiger partial charge is 0.153 e. The summed E-state index contributed by atoms with van der Waals surface area (Å²) in [5.74, 6) is 0.908. The van der Waals surface area contributed by atoms with Gasteiger partial charge in [0.1, 0.15) is 0 Å². The lowest BCUT2D eigenvalue weighted by atomic mass is 9.91. The van der Waals surface area contributed by atoms with E-state index in [1.807, 2.05) is 0 Å². The van der Waals surface area contributed by atoms with Crippen LogP contribution in [0.2, 0.25) is 0 Å². The van der Waals surface area contributed by atoms with Gasteiger partial charge in [-0.15, -0.1) is 0 Å². The molecule has 3 nitrogen and oxygen atoms in total. The van der Waals surface area contributed by atoms with E-state index in [0.717, 1.165) is 38.8 Å². The van der Waals surface area contributed by atoms with Crippen LogP contribution in [0.3, 0.4) is 0 Å². The second kappa shape index (κ2) is 5.50. The Hall–Kier alpha value is -0.0900. The molecular weight excluding hydrogens is 222 g/mol. The highest BCUT2D eigenvalue weighted by atomic mass is 32.2. The van der Waals surface area contributed by atoms with Crippen molar-refractivity contribution in [1.82, 2.24) is 5.32 Å². The van der Waals surface area contributed by atoms with E-state index in [1.54, 1.807) is 0 Å². The molecule has 94 valence electrons. The first-order valence-electron chi connectivity index (χ1n) is 6.61. The van der Waals surface area contributed by atoms with E-state index in [-0.39, 0.29) is 5.25 Å². The second-order valence-electron chi connectivity index (χ2n) is 5.28. The van der Waals surface area contributed by atoms with Crippen molar-refractivity contribution in [3.8, 4) is 0 Å². The van der Waals surface area contributed by atoms with Crippen LogP contribution >= 0.6 is 0 Å². The van der Waals surface area contributed by atoms with Crippen LogP contribution in [0.15, 0.2) is 0 Å². The van der Waals surface area contributed by atoms with E-state index < -0.39 is 9.84 Å². The largest absolute Gasteiger partial charge is 0.317 e. The Kier molecular flexibility index (Phi) is 4.25. The minimum Gasteiger partial charge on any atom is -0.317 e. The highest BCUT2D eigenvalue weighted by Crippen LogP contribution is 2.27. The highest BCUT2D eigenvalue weighted by Gasteiger charge is 2.30. The third-order valence-corrected chi connectivity index (χ3v) is 6.41. The van der Waals surface area contributed by atoms with E-state index in [9.17, 15) is 8.42 Å². The van der Waals surface area contributed by atoms with Gasteiger partial charge in [-0.25, -0.2) is 8.42 Å². The van der Waals surface area contributed by atoms with Crippen LogP contribution in [0.4, 0.5) is 0 Å². The van der Waals surface area contributed by atoms with Gasteiger partial charge in [-0.05, 0) is 44.7 Å². The van der Waals surface area contributed by atoms with Crippen LogP contribution in [-0.4, -0.2) is 32.5 Å². The second-order valence-corrected chi connectivity index (χ2v) is 7.61. The molecule has 0 amide bonds. The van der Waals surface area contributed by atoms with Gasteiger partial charge in [0, 0.05) is 0 Å². The zero-order valence-corrected chi connectivity index (χ0v) is 10.8. The van der Waals surface area contributed by atoms with Crippen LogP contribution in [0.25, 0.3) is 0 Å². The van der Waals surface area contributed by atoms with Gasteiger partial charge in [-0.1, -0.05) is 19.3 Å². The Morgan fingerprint density at radius 3 is 2.19 bits per heavy atom. The topological polar surface area (TPSA) is 46.2 Å². The van der Waals surface area contributed by atoms with Crippen LogP contribution in [0.1, 0.15) is 44.9 Å². The fourth-order valence-corrected chi connectivity index (χ4v) is 5.19. The van der Waals surface area contributed by atoms with Crippen molar-refractivity contribution in [3.05, 3.63) is 0 Å². The van der Waals surface area contributed by atoms with Crippen LogP contribution < -0.4 is 5.32 Å². The fraction of sp³-hybridized carbons (Fsp3) is 1.00. The van der Waals surface area contributed by atoms with Crippen LogP contribution in [0.5, 0.6) is 0 Å². The van der Waals surface area contributed by atoms with E-state index >= 15 is 0 Å². The zero-order chi connectivity index (χ0) is 11.4. The van der Waals surface area contributed by atoms with Gasteiger partial charge in [0.2, 0.25) is 0 Å². The number of sulfone groups is 1. The summed E-state index contributed by atoms with van der Waals surface area (Å²) < 4.78 is 24.5. The summed E-state index contributed by atoms with van der Waals surface area (Å²) in [4.78, 5) is 0. The summed E-state index contributed by atoms with van der Waals surface area (Å²) in [6.07, 6.45) is 7.64. The molecular formula is C12H23NO2S. The maximum atomic E-state index is 12.2. The average Bonchev–Trinajstić information content (AvgIpc) is 2.31. The number of piperidine rings is 1. The first kappa shape index (κ1) is 12.4. The summed E-state index contributed by atoms with van der Waals surface area (Å²) in [6, 6.07) is 0. The molecule has 0 bridgehead atoms. The molecule has 0 aromatic heterocycles. The molecule has 2 rings (SSSR count). The standard InChI is InChI=1S/C12H23NO2S/c14-16(15,12-6-8-13-9-7-12)10-11-4-2-1-3-5-11/h11-13H,1-10H2. The number of hydrogen-bond donors (Lipinski definition) is 1. The van der Waals surface area contributed by atoms with Crippen LogP contribution in [0, 0.1) is 5.92 Å². The van der Waals surface area contributed by atoms with Gasteiger partial charge in [0.25, 0.3) is 0 Å². The van der Waals surface area contributed by atoms with Gasteiger partial charge in [0.05, 0.1) is 11.0 Å². The van der Waals surface area contributed by atoms with Crippen molar-refractivity contribution in [2.24, 2.45) is 5.92 Å². The molecule has 1 aliphatic carbocycles. The lowest BCUT2D eigenvalue weighted by molar-refractivity contribution is 0.382. The van der Waals surface area contributed by atoms with Crippen molar-refractivity contribution >= 4 is 9.84 Å². The maximum absolute atomic E-state index is 12.2. The molecule has 0 aromatic carbocycles. The molecule has 1 aliphatic heterocycles. The molecule has 1 saturated heterocycles. The minimum absolute atomic E-state index is 0.0596. The Morgan fingerprint density at radius 2 is 1.56 bits per heavy atom. The lowest BCUT2D eigenvalue weighted by Gasteiger charge is -2.27. The summed E-state index contributed by atoms with van der Waals surface area (Å²) in [5, 5.41) is 3.17. The van der Waals surface area contributed by atoms with Crippen molar-refractivity contribution in [3.63, 3.8) is 0 Å². The summed E-state index contributed by atoms with van der Waals surface area (Å²) >= 11 is 0. The third-order valence-electron chi connectivity index (χ3n) is 3.99. The van der Waals surface area contributed by atoms with E-state index in [0.29, 0.717) is 11.7 Å². The predicted molar refractivity (Wildman–Crippen MR) is 66.3 cm³/mol. The summed E-state index contributed by atoms with van der Waals surface area (Å²) in [5.41, 5.74) is 0. The minimum atomic E-state index is -2.82. The predicted octanol–water partition coefficient (Wildman–Crippen LogP) is 1.73. The molecule has 0 radical (unpaired) electrons. The van der Waals surface area contributed by atoms with Gasteiger partial charge >= 0.3 is 0 Å². The molecule has 0 spiro atoms. The molecule has 1 N–H and O–H groups in total. The molecule has 0 unspecified atom stereocenters. The molecule has 2 aliphatic rings. The van der Waals surface area contributed by atoms with Gasteiger partial charge < -0.3 is 5.32 Å². The van der Waals surface area contributed by atoms with Crippen molar-refractivity contribution < 1.29 is 8.42 Å². The Morgan fingerprint density at radius 1 is 0.938 bits per heavy atom. The number of hydrogen-bond acceptors (Lipinski definition) is 3. The quantitative estimate of drug-likeness (QED) is 0.823. The highest BCUT2D eigenvalue weighted by molar-refractivity contribution is 7.92. The van der Waals surface area contributed by atoms with Crippen molar-refractivity contribution in [2.75, 3.05) is 18.8 Å². The normalized spacial score (nSPS) is 25.8. The van der Waals surface area contributed by atoms with E-state index in [1.165, 1.54) is 19.3 Å². The molecule has 1 heterocycles. The summed E-state index contributed by atoms with van der Waals surface area (Å²) in [7, 11) is -2.82. The Labute approximate surface area is 98.9 Å². The monoisotopic (exact) mass is 245 g/mol. The molecule has 1 saturated carbocycles. The van der Waals surface area contributed by atoms with Crippen molar-refractivity contribution in [2.45, 2.75) is 50.2 Å². The number of rotatable bonds is 3. The SMILES string of the molecule is O=S(=O)(CC1CCCCC1)C1CCNCC1. The molecule has 16 heavy (non-hydrogen) atoms. The maximum Gasteiger partial charge on any atom is 0.153 e. The fourth-order valence-electron chi connectivity index (χ4n) is 2.97. The van der Waals surface area contributed by atoms with Gasteiger partial charge in [-0.3, -0.25) is 0 Å². The van der Waals surface area contributed by atoms with E-state index in [4.69, 9.17) is 0 Å². The molecule has 0 aromatic rings. The first-order valence-corrected chi connectivity index (χ1v) is 8.32. The Bertz CT molecular complexity index is 301. The summed E-state index contributed by atoms with van der Waals surface area (Å²) in [6.45, 7) is 1.74. The average molecular weight is 245 g/mol. The first-order chi connectivity index (χ1) is 7.68. The van der Waals surface area contributed by atoms with Gasteiger partial charge in [-0.2, -0.15) is 0 Å². The van der Waals surface area contributed by atoms with Crippen LogP contribution in [-0.2, 0) is 9.84 Å².